The molecule has 128 valence electrons. The van der Waals surface area contributed by atoms with Gasteiger partial charge in [0.15, 0.2) is 5.16 Å². The maximum atomic E-state index is 12.9. The molecule has 0 N–H and O–H groups in total. The van der Waals surface area contributed by atoms with Crippen molar-refractivity contribution in [2.45, 2.75) is 42.8 Å². The zero-order chi connectivity index (χ0) is 17.1. The molecule has 1 aromatic carbocycles. The smallest absolute Gasteiger partial charge is 0.318 e. The first-order valence-electron chi connectivity index (χ1n) is 7.96. The van der Waals surface area contributed by atoms with E-state index in [4.69, 9.17) is 9.47 Å². The Labute approximate surface area is 144 Å². The molecule has 1 aliphatic heterocycles. The molecule has 2 heterocycles. The molecular formula is C17H20N2O4S. The number of ether oxygens (including phenoxy) is 2. The predicted molar refractivity (Wildman–Crippen MR) is 92.3 cm³/mol. The average Bonchev–Trinajstić information content (AvgIpc) is 3.10. The molecular weight excluding hydrogens is 328 g/mol. The van der Waals surface area contributed by atoms with E-state index in [0.29, 0.717) is 22.6 Å². The third-order valence-corrected chi connectivity index (χ3v) is 5.12. The number of hydrogen-bond donors (Lipinski definition) is 0. The van der Waals surface area contributed by atoms with Gasteiger partial charge >= 0.3 is 5.97 Å². The molecule has 2 atom stereocenters. The van der Waals surface area contributed by atoms with Crippen molar-refractivity contribution in [1.82, 2.24) is 9.55 Å². The van der Waals surface area contributed by atoms with Crippen LogP contribution in [0.1, 0.15) is 19.8 Å². The van der Waals surface area contributed by atoms with E-state index in [1.165, 1.54) is 18.9 Å². The van der Waals surface area contributed by atoms with Crippen molar-refractivity contribution in [3.63, 3.8) is 0 Å². The van der Waals surface area contributed by atoms with Gasteiger partial charge in [0.25, 0.3) is 5.56 Å². The van der Waals surface area contributed by atoms with E-state index in [2.05, 4.69) is 4.98 Å². The standard InChI is InChI=1S/C17H20N2O4S/c1-11(16(21)22-2)24-17-18-14-8-4-3-7-13(14)15(20)19(17)10-12-6-5-9-23-12/h3-4,7-8,11-12H,5-6,9-10H2,1-2H3. The highest BCUT2D eigenvalue weighted by molar-refractivity contribution is 8.00. The lowest BCUT2D eigenvalue weighted by Crippen LogP contribution is -2.29. The Balaban J connectivity index is 2.03. The SMILES string of the molecule is COC(=O)C(C)Sc1nc2ccccc2c(=O)n1CC1CCCO1. The van der Waals surface area contributed by atoms with Crippen LogP contribution >= 0.6 is 11.8 Å². The van der Waals surface area contributed by atoms with Crippen molar-refractivity contribution in [3.8, 4) is 0 Å². The van der Waals surface area contributed by atoms with Crippen molar-refractivity contribution >= 4 is 28.6 Å². The third kappa shape index (κ3) is 3.47. The summed E-state index contributed by atoms with van der Waals surface area (Å²) in [5, 5.41) is 0.650. The molecule has 6 nitrogen and oxygen atoms in total. The summed E-state index contributed by atoms with van der Waals surface area (Å²) >= 11 is 1.24. The van der Waals surface area contributed by atoms with E-state index < -0.39 is 5.25 Å². The van der Waals surface area contributed by atoms with Crippen LogP contribution in [0.2, 0.25) is 0 Å². The summed E-state index contributed by atoms with van der Waals surface area (Å²) in [5.41, 5.74) is 0.529. The fraction of sp³-hybridized carbons (Fsp3) is 0.471. The molecule has 1 saturated heterocycles. The number of nitrogens with zero attached hydrogens (tertiary/aromatic N) is 2. The van der Waals surface area contributed by atoms with E-state index >= 15 is 0 Å². The number of fused-ring (bicyclic) bond motifs is 1. The van der Waals surface area contributed by atoms with Crippen LogP contribution in [0.3, 0.4) is 0 Å². The van der Waals surface area contributed by atoms with Crippen molar-refractivity contribution < 1.29 is 14.3 Å². The van der Waals surface area contributed by atoms with Crippen molar-refractivity contribution in [2.24, 2.45) is 0 Å². The van der Waals surface area contributed by atoms with E-state index in [1.807, 2.05) is 12.1 Å². The van der Waals surface area contributed by atoms with Gasteiger partial charge in [-0.1, -0.05) is 23.9 Å². The molecule has 2 aromatic rings. The lowest BCUT2D eigenvalue weighted by Gasteiger charge is -2.17. The Kier molecular flexibility index (Phi) is 5.20. The van der Waals surface area contributed by atoms with Crippen LogP contribution in [0.4, 0.5) is 0 Å². The van der Waals surface area contributed by atoms with Crippen molar-refractivity contribution in [1.29, 1.82) is 0 Å². The summed E-state index contributed by atoms with van der Waals surface area (Å²) < 4.78 is 12.1. The van der Waals surface area contributed by atoms with Gasteiger partial charge in [-0.3, -0.25) is 14.2 Å². The quantitative estimate of drug-likeness (QED) is 0.469. The lowest BCUT2D eigenvalue weighted by atomic mass is 10.2. The monoisotopic (exact) mass is 348 g/mol. The number of esters is 1. The molecule has 1 fully saturated rings. The average molecular weight is 348 g/mol. The zero-order valence-electron chi connectivity index (χ0n) is 13.7. The molecule has 2 unspecified atom stereocenters. The van der Waals surface area contributed by atoms with Crippen molar-refractivity contribution in [3.05, 3.63) is 34.6 Å². The topological polar surface area (TPSA) is 70.4 Å². The second-order valence-corrected chi connectivity index (χ2v) is 7.05. The number of para-hydroxylation sites is 1. The summed E-state index contributed by atoms with van der Waals surface area (Å²) in [4.78, 5) is 29.2. The van der Waals surface area contributed by atoms with Crippen LogP contribution in [-0.2, 0) is 20.8 Å². The minimum atomic E-state index is -0.446. The van der Waals surface area contributed by atoms with Crippen LogP contribution in [0, 0.1) is 0 Å². The number of aromatic nitrogens is 2. The molecule has 3 rings (SSSR count). The van der Waals surface area contributed by atoms with Crippen LogP contribution in [0.25, 0.3) is 10.9 Å². The van der Waals surface area contributed by atoms with Crippen LogP contribution < -0.4 is 5.56 Å². The Morgan fingerprint density at radius 3 is 3.00 bits per heavy atom. The zero-order valence-corrected chi connectivity index (χ0v) is 14.5. The fourth-order valence-corrected chi connectivity index (χ4v) is 3.71. The Morgan fingerprint density at radius 1 is 1.50 bits per heavy atom. The Hall–Kier alpha value is -1.86. The van der Waals surface area contributed by atoms with Gasteiger partial charge in [0.05, 0.1) is 30.7 Å². The Morgan fingerprint density at radius 2 is 2.29 bits per heavy atom. The highest BCUT2D eigenvalue weighted by Crippen LogP contribution is 2.24. The number of carbonyl (C=O) groups is 1. The molecule has 1 aromatic heterocycles. The minimum Gasteiger partial charge on any atom is -0.468 e. The number of hydrogen-bond acceptors (Lipinski definition) is 6. The molecule has 0 radical (unpaired) electrons. The number of methoxy groups -OCH3 is 1. The molecule has 0 spiro atoms. The van der Waals surface area contributed by atoms with Gasteiger partial charge in [0.2, 0.25) is 0 Å². The number of rotatable bonds is 5. The first-order valence-corrected chi connectivity index (χ1v) is 8.84. The predicted octanol–water partition coefficient (Wildman–Crippen LogP) is 2.23. The van der Waals surface area contributed by atoms with Gasteiger partial charge in [-0.05, 0) is 31.9 Å². The molecule has 24 heavy (non-hydrogen) atoms. The largest absolute Gasteiger partial charge is 0.468 e. The Bertz CT molecular complexity index is 799. The maximum absolute atomic E-state index is 12.9. The summed E-state index contributed by atoms with van der Waals surface area (Å²) in [6.45, 7) is 2.92. The molecule has 0 amide bonds. The van der Waals surface area contributed by atoms with E-state index in [9.17, 15) is 9.59 Å². The van der Waals surface area contributed by atoms with E-state index in [1.54, 1.807) is 23.6 Å². The number of benzene rings is 1. The molecule has 0 bridgehead atoms. The van der Waals surface area contributed by atoms with E-state index in [-0.39, 0.29) is 17.6 Å². The van der Waals surface area contributed by atoms with Crippen LogP contribution in [0.5, 0.6) is 0 Å². The number of carbonyl (C=O) groups excluding carboxylic acids is 1. The van der Waals surface area contributed by atoms with Crippen LogP contribution in [0.15, 0.2) is 34.2 Å². The van der Waals surface area contributed by atoms with Gasteiger partial charge in [0, 0.05) is 6.61 Å². The van der Waals surface area contributed by atoms with E-state index in [0.717, 1.165) is 19.4 Å². The summed E-state index contributed by atoms with van der Waals surface area (Å²) in [5.74, 6) is -0.342. The highest BCUT2D eigenvalue weighted by Gasteiger charge is 2.23. The van der Waals surface area contributed by atoms with Gasteiger partial charge in [-0.15, -0.1) is 0 Å². The first kappa shape index (κ1) is 17.0. The molecule has 7 heteroatoms. The molecule has 0 saturated carbocycles. The summed E-state index contributed by atoms with van der Waals surface area (Å²) in [7, 11) is 1.35. The maximum Gasteiger partial charge on any atom is 0.318 e. The van der Waals surface area contributed by atoms with Gasteiger partial charge in [0.1, 0.15) is 5.25 Å². The lowest BCUT2D eigenvalue weighted by molar-refractivity contribution is -0.139. The fourth-order valence-electron chi connectivity index (χ4n) is 2.76. The second-order valence-electron chi connectivity index (χ2n) is 5.75. The van der Waals surface area contributed by atoms with Gasteiger partial charge in [-0.2, -0.15) is 0 Å². The third-order valence-electron chi connectivity index (χ3n) is 4.05. The van der Waals surface area contributed by atoms with Gasteiger partial charge < -0.3 is 9.47 Å². The highest BCUT2D eigenvalue weighted by atomic mass is 32.2. The van der Waals surface area contributed by atoms with Crippen LogP contribution in [-0.4, -0.2) is 40.6 Å². The summed E-state index contributed by atoms with van der Waals surface area (Å²) in [6, 6.07) is 7.25. The normalized spacial score (nSPS) is 18.7. The first-order chi connectivity index (χ1) is 11.6. The molecule has 1 aliphatic rings. The minimum absolute atomic E-state index is 0.0124. The summed E-state index contributed by atoms with van der Waals surface area (Å²) in [6.07, 6.45) is 1.94. The molecule has 0 aliphatic carbocycles. The number of thioether (sulfide) groups is 1. The van der Waals surface area contributed by atoms with Gasteiger partial charge in [-0.25, -0.2) is 4.98 Å². The second kappa shape index (κ2) is 7.36. The van der Waals surface area contributed by atoms with Crippen molar-refractivity contribution in [2.75, 3.05) is 13.7 Å².